The third-order valence-corrected chi connectivity index (χ3v) is 2.80. The number of aromatic nitrogens is 3. The van der Waals surface area contributed by atoms with Crippen LogP contribution in [0.4, 0.5) is 13.2 Å². The number of carbonyl (C=O) groups excluding carboxylic acids is 1. The Hall–Kier alpha value is -2.38. The predicted molar refractivity (Wildman–Crippen MR) is 110 cm³/mol. The fraction of sp³-hybridized carbons (Fsp3) is 0.571. The first-order chi connectivity index (χ1) is 13.6. The van der Waals surface area contributed by atoms with Gasteiger partial charge < -0.3 is 4.74 Å². The van der Waals surface area contributed by atoms with Gasteiger partial charge in [-0.15, -0.1) is 0 Å². The molecular formula is C21H34F3N3O2. The van der Waals surface area contributed by atoms with E-state index in [2.05, 4.69) is 23.9 Å². The minimum atomic E-state index is -4.51. The van der Waals surface area contributed by atoms with Crippen molar-refractivity contribution in [3.8, 4) is 5.82 Å². The maximum atomic E-state index is 12.9. The quantitative estimate of drug-likeness (QED) is 0.532. The Labute approximate surface area is 172 Å². The van der Waals surface area contributed by atoms with Crippen molar-refractivity contribution < 1.29 is 22.7 Å². The zero-order valence-corrected chi connectivity index (χ0v) is 18.9. The molecule has 0 saturated heterocycles. The standard InChI is InChI=1S/C14H14F3N3O2.C3H8.2C2H6/c1-4-22-13(21)11-6-9(3)19-20(11)12-7-10(14(15,16)17)5-8(2)18-12;1-3-2;2*1-2/h5-7H,4H2,1-3H3;3H2,1-2H3;2*1-2H3. The number of carbonyl (C=O) groups is 1. The molecule has 0 atom stereocenters. The number of ether oxygens (including phenoxy) is 1. The van der Waals surface area contributed by atoms with Gasteiger partial charge >= 0.3 is 12.1 Å². The van der Waals surface area contributed by atoms with Crippen molar-refractivity contribution in [1.82, 2.24) is 14.8 Å². The van der Waals surface area contributed by atoms with Crippen LogP contribution >= 0.6 is 0 Å². The van der Waals surface area contributed by atoms with Gasteiger partial charge in [-0.3, -0.25) is 0 Å². The number of rotatable bonds is 3. The third kappa shape index (κ3) is 9.58. The fourth-order valence-corrected chi connectivity index (χ4v) is 1.95. The highest BCUT2D eigenvalue weighted by Gasteiger charge is 2.32. The van der Waals surface area contributed by atoms with Gasteiger partial charge in [-0.2, -0.15) is 18.3 Å². The molecule has 2 aromatic rings. The van der Waals surface area contributed by atoms with Gasteiger partial charge in [0.1, 0.15) is 0 Å². The van der Waals surface area contributed by atoms with E-state index in [0.29, 0.717) is 5.69 Å². The zero-order chi connectivity index (χ0) is 23.2. The SMILES string of the molecule is CC.CC.CCC.CCOC(=O)c1cc(C)nn1-c1cc(C(F)(F)F)cc(C)n1. The lowest BCUT2D eigenvalue weighted by Crippen LogP contribution is -2.15. The Bertz CT molecular complexity index is 726. The van der Waals surface area contributed by atoms with Crippen molar-refractivity contribution in [3.63, 3.8) is 0 Å². The van der Waals surface area contributed by atoms with Crippen LogP contribution in [0.3, 0.4) is 0 Å². The molecule has 8 heteroatoms. The normalized spacial score (nSPS) is 9.79. The first kappa shape index (κ1) is 28.8. The Morgan fingerprint density at radius 2 is 1.52 bits per heavy atom. The summed E-state index contributed by atoms with van der Waals surface area (Å²) in [4.78, 5) is 15.9. The molecule has 0 aliphatic rings. The lowest BCUT2D eigenvalue weighted by molar-refractivity contribution is -0.137. The molecular weight excluding hydrogens is 383 g/mol. The molecule has 0 aliphatic heterocycles. The van der Waals surface area contributed by atoms with E-state index in [1.807, 2.05) is 27.7 Å². The average molecular weight is 418 g/mol. The van der Waals surface area contributed by atoms with Crippen molar-refractivity contribution in [3.05, 3.63) is 40.8 Å². The molecule has 2 rings (SSSR count). The number of hydrogen-bond donors (Lipinski definition) is 0. The maximum absolute atomic E-state index is 12.9. The number of hydrogen-bond acceptors (Lipinski definition) is 4. The molecule has 0 aromatic carbocycles. The minimum absolute atomic E-state index is 0.0329. The molecule has 0 aliphatic carbocycles. The van der Waals surface area contributed by atoms with Crippen molar-refractivity contribution in [2.75, 3.05) is 6.61 Å². The smallest absolute Gasteiger partial charge is 0.416 e. The molecule has 29 heavy (non-hydrogen) atoms. The van der Waals surface area contributed by atoms with Gasteiger partial charge in [-0.05, 0) is 39.0 Å². The summed E-state index contributed by atoms with van der Waals surface area (Å²) in [7, 11) is 0. The number of alkyl halides is 3. The maximum Gasteiger partial charge on any atom is 0.416 e. The van der Waals surface area contributed by atoms with Gasteiger partial charge in [0.05, 0.1) is 17.9 Å². The van der Waals surface area contributed by atoms with E-state index in [-0.39, 0.29) is 23.8 Å². The topological polar surface area (TPSA) is 57.0 Å². The Morgan fingerprint density at radius 3 is 1.97 bits per heavy atom. The molecule has 166 valence electrons. The molecule has 0 saturated carbocycles. The molecule has 0 spiro atoms. The van der Waals surface area contributed by atoms with E-state index in [1.165, 1.54) is 19.4 Å². The van der Waals surface area contributed by atoms with E-state index < -0.39 is 17.7 Å². The third-order valence-electron chi connectivity index (χ3n) is 2.80. The van der Waals surface area contributed by atoms with Gasteiger partial charge in [0.15, 0.2) is 11.5 Å². The molecule has 2 heterocycles. The number of esters is 1. The van der Waals surface area contributed by atoms with Crippen molar-refractivity contribution in [2.45, 2.75) is 74.9 Å². The summed E-state index contributed by atoms with van der Waals surface area (Å²) in [6, 6.07) is 3.22. The lowest BCUT2D eigenvalue weighted by Gasteiger charge is -2.11. The summed E-state index contributed by atoms with van der Waals surface area (Å²) in [6.45, 7) is 17.1. The summed E-state index contributed by atoms with van der Waals surface area (Å²) < 4.78 is 44.6. The van der Waals surface area contributed by atoms with E-state index in [4.69, 9.17) is 4.74 Å². The van der Waals surface area contributed by atoms with E-state index in [9.17, 15) is 18.0 Å². The van der Waals surface area contributed by atoms with Crippen LogP contribution in [0.5, 0.6) is 0 Å². The summed E-state index contributed by atoms with van der Waals surface area (Å²) in [5, 5.41) is 4.03. The summed E-state index contributed by atoms with van der Waals surface area (Å²) in [5.41, 5.74) is -0.170. The van der Waals surface area contributed by atoms with Crippen LogP contribution in [-0.4, -0.2) is 27.3 Å². The van der Waals surface area contributed by atoms with E-state index in [1.54, 1.807) is 13.8 Å². The van der Waals surface area contributed by atoms with Crippen LogP contribution in [0.15, 0.2) is 18.2 Å². The first-order valence-electron chi connectivity index (χ1n) is 9.94. The molecule has 0 fully saturated rings. The molecule has 0 radical (unpaired) electrons. The number of aryl methyl sites for hydroxylation is 2. The van der Waals surface area contributed by atoms with Crippen LogP contribution in [0.25, 0.3) is 5.82 Å². The second-order valence-electron chi connectivity index (χ2n) is 5.36. The zero-order valence-electron chi connectivity index (χ0n) is 18.9. The highest BCUT2D eigenvalue weighted by Crippen LogP contribution is 2.30. The molecule has 2 aromatic heterocycles. The van der Waals surface area contributed by atoms with Gasteiger partial charge in [-0.1, -0.05) is 48.0 Å². The van der Waals surface area contributed by atoms with Gasteiger partial charge in [-0.25, -0.2) is 14.5 Å². The van der Waals surface area contributed by atoms with Crippen LogP contribution < -0.4 is 0 Å². The fourth-order valence-electron chi connectivity index (χ4n) is 1.95. The van der Waals surface area contributed by atoms with E-state index in [0.717, 1.165) is 16.8 Å². The molecule has 0 N–H and O–H groups in total. The predicted octanol–water partition coefficient (Wildman–Crippen LogP) is 6.55. The highest BCUT2D eigenvalue weighted by molar-refractivity contribution is 5.88. The molecule has 0 amide bonds. The summed E-state index contributed by atoms with van der Waals surface area (Å²) in [5.74, 6) is -0.747. The number of nitrogens with zero attached hydrogens (tertiary/aromatic N) is 3. The van der Waals surface area contributed by atoms with Gasteiger partial charge in [0, 0.05) is 5.69 Å². The van der Waals surface area contributed by atoms with Crippen molar-refractivity contribution >= 4 is 5.97 Å². The number of halogens is 3. The van der Waals surface area contributed by atoms with Crippen LogP contribution in [0.2, 0.25) is 0 Å². The highest BCUT2D eigenvalue weighted by atomic mass is 19.4. The summed E-state index contributed by atoms with van der Waals surface area (Å²) in [6.07, 6.45) is -3.26. The van der Waals surface area contributed by atoms with Crippen LogP contribution in [-0.2, 0) is 10.9 Å². The monoisotopic (exact) mass is 417 g/mol. The Morgan fingerprint density at radius 1 is 1.00 bits per heavy atom. The van der Waals surface area contributed by atoms with Crippen molar-refractivity contribution in [2.24, 2.45) is 0 Å². The molecule has 5 nitrogen and oxygen atoms in total. The van der Waals surface area contributed by atoms with Gasteiger partial charge in [0.25, 0.3) is 0 Å². The Balaban J connectivity index is 0. The molecule has 0 bridgehead atoms. The average Bonchev–Trinajstić information content (AvgIpc) is 3.07. The largest absolute Gasteiger partial charge is 0.461 e. The van der Waals surface area contributed by atoms with Crippen molar-refractivity contribution in [1.29, 1.82) is 0 Å². The summed E-state index contributed by atoms with van der Waals surface area (Å²) >= 11 is 0. The van der Waals surface area contributed by atoms with E-state index >= 15 is 0 Å². The van der Waals surface area contributed by atoms with Gasteiger partial charge in [0.2, 0.25) is 0 Å². The number of pyridine rings is 1. The minimum Gasteiger partial charge on any atom is -0.461 e. The van der Waals surface area contributed by atoms with Crippen LogP contribution in [0, 0.1) is 13.8 Å². The lowest BCUT2D eigenvalue weighted by atomic mass is 10.2. The van der Waals surface area contributed by atoms with Crippen LogP contribution in [0.1, 0.15) is 82.3 Å². The first-order valence-corrected chi connectivity index (χ1v) is 9.94. The molecule has 0 unspecified atom stereocenters. The Kier molecular flexibility index (Phi) is 14.5. The second-order valence-corrected chi connectivity index (χ2v) is 5.36. The second kappa shape index (κ2) is 14.6.